The fraction of sp³-hybridized carbons (Fsp3) is 0.353. The number of fused-ring (bicyclic) bond motifs is 1. The summed E-state index contributed by atoms with van der Waals surface area (Å²) in [6.45, 7) is 0. The zero-order valence-corrected chi connectivity index (χ0v) is 12.8. The van der Waals surface area contributed by atoms with Crippen molar-refractivity contribution in [3.63, 3.8) is 0 Å². The van der Waals surface area contributed by atoms with Crippen LogP contribution in [-0.4, -0.2) is 36.8 Å². The van der Waals surface area contributed by atoms with Crippen LogP contribution in [0.2, 0.25) is 0 Å². The molecule has 0 saturated heterocycles. The number of benzene rings is 1. The second-order valence-electron chi connectivity index (χ2n) is 5.97. The lowest BCUT2D eigenvalue weighted by Gasteiger charge is -2.29. The summed E-state index contributed by atoms with van der Waals surface area (Å²) in [5.74, 6) is 1.37. The lowest BCUT2D eigenvalue weighted by molar-refractivity contribution is 0.116. The molecule has 1 saturated carbocycles. The second-order valence-corrected chi connectivity index (χ2v) is 5.97. The van der Waals surface area contributed by atoms with Crippen molar-refractivity contribution in [1.29, 1.82) is 0 Å². The molecule has 0 spiro atoms. The Morgan fingerprint density at radius 3 is 2.78 bits per heavy atom. The maximum atomic E-state index is 10.2. The van der Waals surface area contributed by atoms with Crippen molar-refractivity contribution in [3.05, 3.63) is 42.7 Å². The molecule has 1 aliphatic carbocycles. The fourth-order valence-corrected chi connectivity index (χ4v) is 3.14. The Kier molecular flexibility index (Phi) is 3.67. The molecule has 3 aromatic rings. The molecule has 6 nitrogen and oxygen atoms in total. The van der Waals surface area contributed by atoms with Crippen molar-refractivity contribution < 1.29 is 5.11 Å². The Morgan fingerprint density at radius 1 is 1.13 bits per heavy atom. The minimum absolute atomic E-state index is 0.0437. The lowest BCUT2D eigenvalue weighted by Crippen LogP contribution is -2.37. The minimum Gasteiger partial charge on any atom is -0.391 e. The van der Waals surface area contributed by atoms with Gasteiger partial charge in [0.1, 0.15) is 12.1 Å². The third kappa shape index (κ3) is 2.77. The Hall–Kier alpha value is -2.47. The number of nitrogens with zero attached hydrogens (tertiary/aromatic N) is 4. The summed E-state index contributed by atoms with van der Waals surface area (Å²) in [6, 6.07) is 12.0. The van der Waals surface area contributed by atoms with Crippen molar-refractivity contribution >= 4 is 11.6 Å². The number of hydrogen-bond donors (Lipinski definition) is 2. The molecule has 0 amide bonds. The quantitative estimate of drug-likeness (QED) is 0.777. The molecule has 2 atom stereocenters. The van der Waals surface area contributed by atoms with Gasteiger partial charge in [-0.1, -0.05) is 43.2 Å². The predicted molar refractivity (Wildman–Crippen MR) is 88.1 cm³/mol. The van der Waals surface area contributed by atoms with Crippen LogP contribution in [0.25, 0.3) is 17.0 Å². The standard InChI is InChI=1S/C17H19N5O/c23-15-9-5-4-8-13(15)20-16-10-14(12-6-2-1-3-7-12)21-17-18-11-19-22(16)17/h1-3,6-7,10-11,13,15,20,23H,4-5,8-9H2/t13-,15-/m0/s1. The molecule has 2 aromatic heterocycles. The lowest BCUT2D eigenvalue weighted by atomic mass is 9.92. The van der Waals surface area contributed by atoms with Crippen molar-refractivity contribution in [2.24, 2.45) is 0 Å². The molecule has 118 valence electrons. The predicted octanol–water partition coefficient (Wildman–Crippen LogP) is 2.51. The van der Waals surface area contributed by atoms with Crippen LogP contribution in [0.5, 0.6) is 0 Å². The highest BCUT2D eigenvalue weighted by molar-refractivity contribution is 5.65. The van der Waals surface area contributed by atoms with E-state index in [1.807, 2.05) is 36.4 Å². The molecule has 2 N–H and O–H groups in total. The first-order valence-electron chi connectivity index (χ1n) is 8.02. The highest BCUT2D eigenvalue weighted by atomic mass is 16.3. The normalized spacial score (nSPS) is 21.4. The van der Waals surface area contributed by atoms with Crippen LogP contribution in [0.3, 0.4) is 0 Å². The monoisotopic (exact) mass is 309 g/mol. The first kappa shape index (κ1) is 14.1. The molecular weight excluding hydrogens is 290 g/mol. The number of hydrogen-bond acceptors (Lipinski definition) is 5. The number of aromatic nitrogens is 4. The number of aliphatic hydroxyl groups excluding tert-OH is 1. The average Bonchev–Trinajstić information content (AvgIpc) is 3.06. The Labute approximate surface area is 134 Å². The largest absolute Gasteiger partial charge is 0.391 e. The van der Waals surface area contributed by atoms with E-state index in [1.165, 1.54) is 6.33 Å². The van der Waals surface area contributed by atoms with Crippen molar-refractivity contribution in [2.75, 3.05) is 5.32 Å². The van der Waals surface area contributed by atoms with E-state index in [0.717, 1.165) is 42.8 Å². The first-order chi connectivity index (χ1) is 11.3. The van der Waals surface area contributed by atoms with Gasteiger partial charge >= 0.3 is 0 Å². The number of nitrogens with one attached hydrogen (secondary N) is 1. The van der Waals surface area contributed by atoms with Gasteiger partial charge in [0.15, 0.2) is 0 Å². The summed E-state index contributed by atoms with van der Waals surface area (Å²) in [5, 5.41) is 17.9. The van der Waals surface area contributed by atoms with E-state index in [4.69, 9.17) is 0 Å². The zero-order valence-electron chi connectivity index (χ0n) is 12.8. The van der Waals surface area contributed by atoms with E-state index in [1.54, 1.807) is 4.52 Å². The van der Waals surface area contributed by atoms with Gasteiger partial charge in [-0.2, -0.15) is 14.6 Å². The van der Waals surface area contributed by atoms with Gasteiger partial charge < -0.3 is 10.4 Å². The molecule has 4 rings (SSSR count). The van der Waals surface area contributed by atoms with Gasteiger partial charge in [0.2, 0.25) is 0 Å². The van der Waals surface area contributed by atoms with Gasteiger partial charge in [0.25, 0.3) is 5.78 Å². The Morgan fingerprint density at radius 2 is 1.96 bits per heavy atom. The Bertz CT molecular complexity index is 801. The van der Waals surface area contributed by atoms with Gasteiger partial charge in [-0.25, -0.2) is 4.98 Å². The topological polar surface area (TPSA) is 75.3 Å². The molecule has 1 aromatic carbocycles. The smallest absolute Gasteiger partial charge is 0.254 e. The highest BCUT2D eigenvalue weighted by Crippen LogP contribution is 2.25. The maximum Gasteiger partial charge on any atom is 0.254 e. The molecule has 1 aliphatic rings. The Balaban J connectivity index is 1.74. The van der Waals surface area contributed by atoms with Crippen LogP contribution < -0.4 is 5.32 Å². The molecule has 0 bridgehead atoms. The van der Waals surface area contributed by atoms with Crippen LogP contribution in [0.4, 0.5) is 5.82 Å². The van der Waals surface area contributed by atoms with Crippen molar-refractivity contribution in [2.45, 2.75) is 37.8 Å². The highest BCUT2D eigenvalue weighted by Gasteiger charge is 2.24. The number of aliphatic hydroxyl groups is 1. The molecule has 2 heterocycles. The minimum atomic E-state index is -0.323. The van der Waals surface area contributed by atoms with Crippen molar-refractivity contribution in [1.82, 2.24) is 19.6 Å². The van der Waals surface area contributed by atoms with E-state index < -0.39 is 0 Å². The van der Waals surface area contributed by atoms with Gasteiger partial charge in [0, 0.05) is 11.6 Å². The van der Waals surface area contributed by atoms with Gasteiger partial charge in [-0.3, -0.25) is 0 Å². The summed E-state index contributed by atoms with van der Waals surface area (Å²) in [6.07, 6.45) is 5.19. The summed E-state index contributed by atoms with van der Waals surface area (Å²) in [7, 11) is 0. The molecule has 0 radical (unpaired) electrons. The van der Waals surface area contributed by atoms with Crippen LogP contribution in [0.1, 0.15) is 25.7 Å². The summed E-state index contributed by atoms with van der Waals surface area (Å²) < 4.78 is 1.69. The van der Waals surface area contributed by atoms with E-state index in [0.29, 0.717) is 5.78 Å². The van der Waals surface area contributed by atoms with Crippen molar-refractivity contribution in [3.8, 4) is 11.3 Å². The first-order valence-corrected chi connectivity index (χ1v) is 8.02. The van der Waals surface area contributed by atoms with Gasteiger partial charge in [-0.05, 0) is 12.8 Å². The summed E-state index contributed by atoms with van der Waals surface area (Å²) >= 11 is 0. The van der Waals surface area contributed by atoms with Crippen LogP contribution in [-0.2, 0) is 0 Å². The van der Waals surface area contributed by atoms with Gasteiger partial charge in [0.05, 0.1) is 17.8 Å². The molecular formula is C17H19N5O. The fourth-order valence-electron chi connectivity index (χ4n) is 3.14. The molecule has 1 fully saturated rings. The van der Waals surface area contributed by atoms with E-state index in [-0.39, 0.29) is 12.1 Å². The van der Waals surface area contributed by atoms with E-state index in [2.05, 4.69) is 20.4 Å². The average molecular weight is 309 g/mol. The van der Waals surface area contributed by atoms with Crippen LogP contribution >= 0.6 is 0 Å². The van der Waals surface area contributed by atoms with Crippen LogP contribution in [0, 0.1) is 0 Å². The zero-order chi connectivity index (χ0) is 15.6. The maximum absolute atomic E-state index is 10.2. The second kappa shape index (κ2) is 5.96. The van der Waals surface area contributed by atoms with Crippen LogP contribution in [0.15, 0.2) is 42.7 Å². The summed E-state index contributed by atoms with van der Waals surface area (Å²) in [4.78, 5) is 8.78. The molecule has 23 heavy (non-hydrogen) atoms. The van der Waals surface area contributed by atoms with E-state index in [9.17, 15) is 5.11 Å². The molecule has 6 heteroatoms. The third-order valence-electron chi connectivity index (χ3n) is 4.38. The molecule has 0 aliphatic heterocycles. The number of anilines is 1. The third-order valence-corrected chi connectivity index (χ3v) is 4.38. The molecule has 0 unspecified atom stereocenters. The SMILES string of the molecule is O[C@H]1CCCC[C@@H]1Nc1cc(-c2ccccc2)nc2ncnn12. The van der Waals surface area contributed by atoms with E-state index >= 15 is 0 Å². The van der Waals surface area contributed by atoms with Gasteiger partial charge in [-0.15, -0.1) is 0 Å². The summed E-state index contributed by atoms with van der Waals surface area (Å²) in [5.41, 5.74) is 1.88. The number of rotatable bonds is 3.